The Hall–Kier alpha value is -1.74. The van der Waals surface area contributed by atoms with E-state index < -0.39 is 0 Å². The number of aromatic nitrogens is 1. The van der Waals surface area contributed by atoms with Gasteiger partial charge in [0.25, 0.3) is 0 Å². The highest BCUT2D eigenvalue weighted by Gasteiger charge is 2.06. The van der Waals surface area contributed by atoms with Crippen LogP contribution < -0.4 is 10.1 Å². The average molecular weight is 277 g/mol. The maximum atomic E-state index is 5.77. The Morgan fingerprint density at radius 2 is 1.95 bits per heavy atom. The van der Waals surface area contributed by atoms with Crippen LogP contribution in [0, 0.1) is 0 Å². The minimum Gasteiger partial charge on any atom is -0.487 e. The molecule has 0 unspecified atom stereocenters. The third-order valence-corrected chi connectivity index (χ3v) is 2.81. The first-order chi connectivity index (χ1) is 9.19. The van der Waals surface area contributed by atoms with E-state index >= 15 is 0 Å². The molecule has 2 rings (SSSR count). The van der Waals surface area contributed by atoms with Crippen molar-refractivity contribution in [1.82, 2.24) is 4.98 Å². The third-order valence-electron chi connectivity index (χ3n) is 2.50. The summed E-state index contributed by atoms with van der Waals surface area (Å²) in [6.07, 6.45) is 1.85. The summed E-state index contributed by atoms with van der Waals surface area (Å²) in [5, 5.41) is 3.25. The van der Waals surface area contributed by atoms with Crippen LogP contribution in [0.1, 0.15) is 19.4 Å². The standard InChI is InChI=1S/C15H17ClN2O/c1-11(2)19-14-4-3-9-17-15(14)18-13-7-5-12(10-16)6-8-13/h3-9,11H,10H2,1-2H3,(H,17,18). The molecule has 100 valence electrons. The zero-order valence-corrected chi connectivity index (χ0v) is 11.8. The summed E-state index contributed by atoms with van der Waals surface area (Å²) in [7, 11) is 0. The molecule has 0 aliphatic rings. The van der Waals surface area contributed by atoms with Crippen LogP contribution in [-0.2, 0) is 5.88 Å². The van der Waals surface area contributed by atoms with E-state index in [0.717, 1.165) is 22.8 Å². The first kappa shape index (κ1) is 13.7. The fraction of sp³-hybridized carbons (Fsp3) is 0.267. The second-order valence-corrected chi connectivity index (χ2v) is 4.74. The Labute approximate surface area is 118 Å². The maximum Gasteiger partial charge on any atom is 0.173 e. The summed E-state index contributed by atoms with van der Waals surface area (Å²) < 4.78 is 5.72. The SMILES string of the molecule is CC(C)Oc1cccnc1Nc1ccc(CCl)cc1. The number of pyridine rings is 1. The van der Waals surface area contributed by atoms with Gasteiger partial charge in [-0.15, -0.1) is 11.6 Å². The lowest BCUT2D eigenvalue weighted by atomic mass is 10.2. The van der Waals surface area contributed by atoms with E-state index in [0.29, 0.717) is 5.88 Å². The predicted octanol–water partition coefficient (Wildman–Crippen LogP) is 4.35. The second kappa shape index (κ2) is 6.43. The van der Waals surface area contributed by atoms with Gasteiger partial charge >= 0.3 is 0 Å². The summed E-state index contributed by atoms with van der Waals surface area (Å²) in [6.45, 7) is 3.98. The fourth-order valence-corrected chi connectivity index (χ4v) is 1.83. The smallest absolute Gasteiger partial charge is 0.173 e. The van der Waals surface area contributed by atoms with Crippen LogP contribution in [0.15, 0.2) is 42.6 Å². The Balaban J connectivity index is 2.17. The average Bonchev–Trinajstić information content (AvgIpc) is 2.41. The van der Waals surface area contributed by atoms with E-state index in [2.05, 4.69) is 10.3 Å². The van der Waals surface area contributed by atoms with Crippen LogP contribution in [0.2, 0.25) is 0 Å². The Kier molecular flexibility index (Phi) is 4.63. The van der Waals surface area contributed by atoms with E-state index in [1.165, 1.54) is 0 Å². The van der Waals surface area contributed by atoms with Crippen molar-refractivity contribution in [2.75, 3.05) is 5.32 Å². The molecule has 2 aromatic rings. The zero-order chi connectivity index (χ0) is 13.7. The predicted molar refractivity (Wildman–Crippen MR) is 79.3 cm³/mol. The molecular formula is C15H17ClN2O. The van der Waals surface area contributed by atoms with Gasteiger partial charge < -0.3 is 10.1 Å². The number of hydrogen-bond acceptors (Lipinski definition) is 3. The highest BCUT2D eigenvalue weighted by Crippen LogP contribution is 2.26. The lowest BCUT2D eigenvalue weighted by molar-refractivity contribution is 0.243. The van der Waals surface area contributed by atoms with E-state index in [4.69, 9.17) is 16.3 Å². The van der Waals surface area contributed by atoms with E-state index in [1.807, 2.05) is 50.2 Å². The van der Waals surface area contributed by atoms with E-state index in [9.17, 15) is 0 Å². The molecule has 1 aromatic carbocycles. The molecule has 0 saturated heterocycles. The van der Waals surface area contributed by atoms with Crippen LogP contribution in [-0.4, -0.2) is 11.1 Å². The highest BCUT2D eigenvalue weighted by atomic mass is 35.5. The number of benzene rings is 1. The Morgan fingerprint density at radius 1 is 1.21 bits per heavy atom. The highest BCUT2D eigenvalue weighted by molar-refractivity contribution is 6.17. The van der Waals surface area contributed by atoms with Crippen LogP contribution in [0.4, 0.5) is 11.5 Å². The molecule has 1 N–H and O–H groups in total. The fourth-order valence-electron chi connectivity index (χ4n) is 1.65. The van der Waals surface area contributed by atoms with Crippen molar-refractivity contribution < 1.29 is 4.74 Å². The van der Waals surface area contributed by atoms with Crippen molar-refractivity contribution in [2.24, 2.45) is 0 Å². The summed E-state index contributed by atoms with van der Waals surface area (Å²) in [5.74, 6) is 1.99. The van der Waals surface area contributed by atoms with Crippen molar-refractivity contribution in [1.29, 1.82) is 0 Å². The third kappa shape index (κ3) is 3.86. The van der Waals surface area contributed by atoms with Crippen LogP contribution in [0.5, 0.6) is 5.75 Å². The largest absolute Gasteiger partial charge is 0.487 e. The lowest BCUT2D eigenvalue weighted by Gasteiger charge is -2.14. The molecular weight excluding hydrogens is 260 g/mol. The molecule has 0 aliphatic carbocycles. The topological polar surface area (TPSA) is 34.1 Å². The molecule has 19 heavy (non-hydrogen) atoms. The normalized spacial score (nSPS) is 10.5. The zero-order valence-electron chi connectivity index (χ0n) is 11.1. The molecule has 4 heteroatoms. The van der Waals surface area contributed by atoms with Crippen LogP contribution in [0.25, 0.3) is 0 Å². The molecule has 0 bridgehead atoms. The number of halogens is 1. The molecule has 3 nitrogen and oxygen atoms in total. The van der Waals surface area contributed by atoms with Crippen molar-refractivity contribution in [3.63, 3.8) is 0 Å². The van der Waals surface area contributed by atoms with Crippen molar-refractivity contribution in [3.8, 4) is 5.75 Å². The van der Waals surface area contributed by atoms with Crippen LogP contribution >= 0.6 is 11.6 Å². The van der Waals surface area contributed by atoms with Gasteiger partial charge in [-0.3, -0.25) is 0 Å². The van der Waals surface area contributed by atoms with Gasteiger partial charge in [0.15, 0.2) is 11.6 Å². The first-order valence-corrected chi connectivity index (χ1v) is 6.76. The molecule has 0 amide bonds. The van der Waals surface area contributed by atoms with Gasteiger partial charge in [0, 0.05) is 17.8 Å². The molecule has 0 radical (unpaired) electrons. The second-order valence-electron chi connectivity index (χ2n) is 4.47. The minimum absolute atomic E-state index is 0.114. The quantitative estimate of drug-likeness (QED) is 0.825. The number of anilines is 2. The Morgan fingerprint density at radius 3 is 2.58 bits per heavy atom. The van der Waals surface area contributed by atoms with Crippen molar-refractivity contribution in [2.45, 2.75) is 25.8 Å². The summed E-state index contributed by atoms with van der Waals surface area (Å²) in [6, 6.07) is 11.7. The number of rotatable bonds is 5. The molecule has 0 saturated carbocycles. The summed E-state index contributed by atoms with van der Waals surface area (Å²) >= 11 is 5.77. The molecule has 1 aromatic heterocycles. The van der Waals surface area contributed by atoms with Crippen molar-refractivity contribution in [3.05, 3.63) is 48.2 Å². The monoisotopic (exact) mass is 276 g/mol. The number of hydrogen-bond donors (Lipinski definition) is 1. The lowest BCUT2D eigenvalue weighted by Crippen LogP contribution is -2.08. The Bertz CT molecular complexity index is 526. The minimum atomic E-state index is 0.114. The van der Waals surface area contributed by atoms with Crippen LogP contribution in [0.3, 0.4) is 0 Å². The van der Waals surface area contributed by atoms with E-state index in [1.54, 1.807) is 6.20 Å². The van der Waals surface area contributed by atoms with Gasteiger partial charge in [-0.2, -0.15) is 0 Å². The number of ether oxygens (including phenoxy) is 1. The number of alkyl halides is 1. The molecule has 0 atom stereocenters. The number of nitrogens with zero attached hydrogens (tertiary/aromatic N) is 1. The number of nitrogens with one attached hydrogen (secondary N) is 1. The molecule has 0 aliphatic heterocycles. The molecule has 0 spiro atoms. The van der Waals surface area contributed by atoms with Gasteiger partial charge in [-0.1, -0.05) is 12.1 Å². The summed E-state index contributed by atoms with van der Waals surface area (Å²) in [4.78, 5) is 4.31. The van der Waals surface area contributed by atoms with Gasteiger partial charge in [-0.05, 0) is 43.7 Å². The summed E-state index contributed by atoms with van der Waals surface area (Å²) in [5.41, 5.74) is 2.05. The van der Waals surface area contributed by atoms with Gasteiger partial charge in [0.1, 0.15) is 0 Å². The van der Waals surface area contributed by atoms with E-state index in [-0.39, 0.29) is 6.10 Å². The van der Waals surface area contributed by atoms with Gasteiger partial charge in [-0.25, -0.2) is 4.98 Å². The van der Waals surface area contributed by atoms with Crippen molar-refractivity contribution >= 4 is 23.1 Å². The molecule has 1 heterocycles. The first-order valence-electron chi connectivity index (χ1n) is 6.22. The molecule has 0 fully saturated rings. The van der Waals surface area contributed by atoms with Gasteiger partial charge in [0.05, 0.1) is 6.10 Å². The maximum absolute atomic E-state index is 5.77. The van der Waals surface area contributed by atoms with Gasteiger partial charge in [0.2, 0.25) is 0 Å².